The molecule has 0 unspecified atom stereocenters. The molecule has 84 valence electrons. The van der Waals surface area contributed by atoms with Gasteiger partial charge in [-0.15, -0.1) is 0 Å². The smallest absolute Gasteiger partial charge is 0.104 e. The number of hydrogen-bond acceptors (Lipinski definition) is 2. The maximum absolute atomic E-state index is 4.72. The number of halogens is 1. The summed E-state index contributed by atoms with van der Waals surface area (Å²) in [5, 5.41) is 0. The van der Waals surface area contributed by atoms with Crippen LogP contribution >= 0.6 is 15.9 Å². The van der Waals surface area contributed by atoms with E-state index in [0.29, 0.717) is 0 Å². The Labute approximate surface area is 108 Å². The van der Waals surface area contributed by atoms with E-state index in [9.17, 15) is 0 Å². The summed E-state index contributed by atoms with van der Waals surface area (Å²) >= 11 is 3.52. The molecule has 3 aromatic rings. The molecule has 1 heterocycles. The van der Waals surface area contributed by atoms with E-state index < -0.39 is 0 Å². The molecule has 0 radical (unpaired) electrons. The summed E-state index contributed by atoms with van der Waals surface area (Å²) in [4.78, 5) is 9.39. The number of nitrogens with zero attached hydrogens (tertiary/aromatic N) is 2. The summed E-state index contributed by atoms with van der Waals surface area (Å²) < 4.78 is 0.992. The minimum atomic E-state index is 0.924. The van der Waals surface area contributed by atoms with E-state index in [0.717, 1.165) is 33.0 Å². The third-order valence-electron chi connectivity index (χ3n) is 2.91. The number of benzene rings is 2. The Kier molecular flexibility index (Phi) is 2.56. The lowest BCUT2D eigenvalue weighted by molar-refractivity contribution is 1.14. The van der Waals surface area contributed by atoms with Crippen LogP contribution in [0.25, 0.3) is 22.1 Å². The van der Waals surface area contributed by atoms with Gasteiger partial charge in [0, 0.05) is 4.47 Å². The molecule has 2 nitrogen and oxygen atoms in total. The molecule has 0 atom stereocenters. The van der Waals surface area contributed by atoms with Crippen molar-refractivity contribution in [1.29, 1.82) is 0 Å². The van der Waals surface area contributed by atoms with E-state index in [4.69, 9.17) is 4.98 Å². The maximum Gasteiger partial charge on any atom is 0.104 e. The number of rotatable bonds is 1. The minimum Gasteiger partial charge on any atom is -0.244 e. The lowest BCUT2D eigenvalue weighted by Crippen LogP contribution is -1.92. The second-order valence-electron chi connectivity index (χ2n) is 3.97. The predicted molar refractivity (Wildman–Crippen MR) is 74.1 cm³/mol. The second-order valence-corrected chi connectivity index (χ2v) is 4.82. The molecule has 0 saturated carbocycles. The Morgan fingerprint density at radius 1 is 0.941 bits per heavy atom. The van der Waals surface area contributed by atoms with Crippen molar-refractivity contribution in [3.8, 4) is 0 Å². The number of hydrogen-bond donors (Lipinski definition) is 0. The molecule has 0 amide bonds. The summed E-state index contributed by atoms with van der Waals surface area (Å²) in [6.07, 6.45) is 0.978. The van der Waals surface area contributed by atoms with Gasteiger partial charge in [-0.3, -0.25) is 0 Å². The third-order valence-corrected chi connectivity index (χ3v) is 3.55. The van der Waals surface area contributed by atoms with Crippen molar-refractivity contribution in [2.75, 3.05) is 0 Å². The van der Waals surface area contributed by atoms with Crippen molar-refractivity contribution in [2.24, 2.45) is 0 Å². The van der Waals surface area contributed by atoms with Crippen LogP contribution in [0, 0.1) is 0 Å². The van der Waals surface area contributed by atoms with Crippen LogP contribution in [0.3, 0.4) is 0 Å². The SMILES string of the molecule is CCc1cccc2nc3c(Br)cccc3nc12. The molecule has 2 aromatic carbocycles. The molecule has 0 saturated heterocycles. The van der Waals surface area contributed by atoms with Gasteiger partial charge in [0.05, 0.1) is 16.6 Å². The first-order chi connectivity index (χ1) is 8.29. The molecule has 0 aliphatic rings. The van der Waals surface area contributed by atoms with E-state index in [1.165, 1.54) is 5.56 Å². The summed E-state index contributed by atoms with van der Waals surface area (Å²) in [6, 6.07) is 12.1. The van der Waals surface area contributed by atoms with Crippen LogP contribution in [0.1, 0.15) is 12.5 Å². The van der Waals surface area contributed by atoms with Crippen LogP contribution in [-0.2, 0) is 6.42 Å². The zero-order valence-corrected chi connectivity index (χ0v) is 11.0. The topological polar surface area (TPSA) is 25.8 Å². The molecule has 0 spiro atoms. The highest BCUT2D eigenvalue weighted by Crippen LogP contribution is 2.24. The summed E-state index contributed by atoms with van der Waals surface area (Å²) in [5.41, 5.74) is 5.09. The molecule has 3 rings (SSSR count). The monoisotopic (exact) mass is 286 g/mol. The van der Waals surface area contributed by atoms with Gasteiger partial charge in [-0.1, -0.05) is 25.1 Å². The van der Waals surface area contributed by atoms with Gasteiger partial charge >= 0.3 is 0 Å². The Morgan fingerprint density at radius 2 is 1.59 bits per heavy atom. The van der Waals surface area contributed by atoms with Gasteiger partial charge in [-0.2, -0.15) is 0 Å². The van der Waals surface area contributed by atoms with Crippen molar-refractivity contribution < 1.29 is 0 Å². The minimum absolute atomic E-state index is 0.924. The van der Waals surface area contributed by atoms with E-state index >= 15 is 0 Å². The van der Waals surface area contributed by atoms with E-state index in [-0.39, 0.29) is 0 Å². The lowest BCUT2D eigenvalue weighted by Gasteiger charge is -2.05. The van der Waals surface area contributed by atoms with Gasteiger partial charge in [-0.25, -0.2) is 9.97 Å². The van der Waals surface area contributed by atoms with Crippen molar-refractivity contribution in [1.82, 2.24) is 9.97 Å². The standard InChI is InChI=1S/C14H11BrN2/c1-2-9-5-3-7-11-13(9)16-12-8-4-6-10(15)14(12)17-11/h3-8H,2H2,1H3. The molecule has 0 aliphatic carbocycles. The number of aryl methyl sites for hydroxylation is 1. The van der Waals surface area contributed by atoms with Crippen LogP contribution in [0.15, 0.2) is 40.9 Å². The average molecular weight is 287 g/mol. The molecule has 0 aliphatic heterocycles. The van der Waals surface area contributed by atoms with Crippen molar-refractivity contribution >= 4 is 38.0 Å². The first-order valence-electron chi connectivity index (χ1n) is 5.63. The maximum atomic E-state index is 4.72. The van der Waals surface area contributed by atoms with Gasteiger partial charge in [0.1, 0.15) is 5.52 Å². The Bertz CT molecular complexity index is 707. The number of fused-ring (bicyclic) bond motifs is 2. The second kappa shape index (κ2) is 4.08. The number of aromatic nitrogens is 2. The fourth-order valence-electron chi connectivity index (χ4n) is 2.03. The molecular weight excluding hydrogens is 276 g/mol. The lowest BCUT2D eigenvalue weighted by atomic mass is 10.1. The molecule has 0 fully saturated rings. The molecule has 17 heavy (non-hydrogen) atoms. The van der Waals surface area contributed by atoms with E-state index in [1.807, 2.05) is 30.3 Å². The molecule has 3 heteroatoms. The van der Waals surface area contributed by atoms with Gasteiger partial charge in [0.25, 0.3) is 0 Å². The summed E-state index contributed by atoms with van der Waals surface area (Å²) in [5.74, 6) is 0. The largest absolute Gasteiger partial charge is 0.244 e. The van der Waals surface area contributed by atoms with Crippen molar-refractivity contribution in [2.45, 2.75) is 13.3 Å². The summed E-state index contributed by atoms with van der Waals surface area (Å²) in [7, 11) is 0. The Balaban J connectivity index is 2.48. The first kappa shape index (κ1) is 10.7. The average Bonchev–Trinajstić information content (AvgIpc) is 2.36. The van der Waals surface area contributed by atoms with E-state index in [2.05, 4.69) is 33.9 Å². The fourth-order valence-corrected chi connectivity index (χ4v) is 2.47. The first-order valence-corrected chi connectivity index (χ1v) is 6.43. The van der Waals surface area contributed by atoms with Crippen LogP contribution in [-0.4, -0.2) is 9.97 Å². The van der Waals surface area contributed by atoms with Gasteiger partial charge in [0.15, 0.2) is 0 Å². The van der Waals surface area contributed by atoms with Crippen molar-refractivity contribution in [3.05, 3.63) is 46.4 Å². The van der Waals surface area contributed by atoms with Gasteiger partial charge in [0.2, 0.25) is 0 Å². The Hall–Kier alpha value is -1.48. The quantitative estimate of drug-likeness (QED) is 0.629. The van der Waals surface area contributed by atoms with Gasteiger partial charge < -0.3 is 0 Å². The Morgan fingerprint density at radius 3 is 2.35 bits per heavy atom. The fraction of sp³-hybridized carbons (Fsp3) is 0.143. The molecule has 0 bridgehead atoms. The zero-order valence-electron chi connectivity index (χ0n) is 9.44. The normalized spacial score (nSPS) is 11.2. The third kappa shape index (κ3) is 1.71. The van der Waals surface area contributed by atoms with Crippen LogP contribution < -0.4 is 0 Å². The van der Waals surface area contributed by atoms with Crippen molar-refractivity contribution in [3.63, 3.8) is 0 Å². The van der Waals surface area contributed by atoms with E-state index in [1.54, 1.807) is 0 Å². The van der Waals surface area contributed by atoms with Crippen LogP contribution in [0.5, 0.6) is 0 Å². The van der Waals surface area contributed by atoms with Gasteiger partial charge in [-0.05, 0) is 46.1 Å². The highest BCUT2D eigenvalue weighted by atomic mass is 79.9. The number of para-hydroxylation sites is 2. The predicted octanol–water partition coefficient (Wildman–Crippen LogP) is 4.11. The molecular formula is C14H11BrN2. The zero-order chi connectivity index (χ0) is 11.8. The molecule has 1 aromatic heterocycles. The van der Waals surface area contributed by atoms with Crippen LogP contribution in [0.4, 0.5) is 0 Å². The highest BCUT2D eigenvalue weighted by Gasteiger charge is 2.06. The summed E-state index contributed by atoms with van der Waals surface area (Å²) in [6.45, 7) is 2.14. The van der Waals surface area contributed by atoms with Crippen LogP contribution in [0.2, 0.25) is 0 Å². The highest BCUT2D eigenvalue weighted by molar-refractivity contribution is 9.10. The molecule has 0 N–H and O–H groups in total.